The number of rotatable bonds is 2. The molecule has 1 aromatic carbocycles. The molecule has 0 amide bonds. The summed E-state index contributed by atoms with van der Waals surface area (Å²) in [4.78, 5) is 0. The number of aliphatic hydroxyl groups is 1. The quantitative estimate of drug-likeness (QED) is 0.821. The zero-order chi connectivity index (χ0) is 11.0. The van der Waals surface area contributed by atoms with E-state index in [1.54, 1.807) is 0 Å². The van der Waals surface area contributed by atoms with E-state index in [0.717, 1.165) is 12.8 Å². The van der Waals surface area contributed by atoms with Gasteiger partial charge >= 0.3 is 0 Å². The van der Waals surface area contributed by atoms with E-state index in [1.807, 2.05) is 0 Å². The third-order valence-electron chi connectivity index (χ3n) is 3.78. The second kappa shape index (κ2) is 3.86. The monoisotopic (exact) mass is 218 g/mol. The lowest BCUT2D eigenvalue weighted by molar-refractivity contribution is 0.0270. The fraction of sp³-hybridized carbons (Fsp3) is 0.571. The number of fused-ring (bicyclic) bond motifs is 1. The van der Waals surface area contributed by atoms with Gasteiger partial charge < -0.3 is 9.84 Å². The van der Waals surface area contributed by atoms with Crippen molar-refractivity contribution < 1.29 is 9.84 Å². The highest BCUT2D eigenvalue weighted by Gasteiger charge is 2.32. The van der Waals surface area contributed by atoms with E-state index in [2.05, 4.69) is 18.2 Å². The molecule has 1 saturated heterocycles. The second-order valence-electron chi connectivity index (χ2n) is 5.16. The third kappa shape index (κ3) is 1.87. The van der Waals surface area contributed by atoms with Crippen LogP contribution in [0.4, 0.5) is 0 Å². The van der Waals surface area contributed by atoms with Crippen LogP contribution in [-0.2, 0) is 24.0 Å². The molecule has 86 valence electrons. The Balaban J connectivity index is 1.80. The summed E-state index contributed by atoms with van der Waals surface area (Å²) in [6, 6.07) is 6.68. The van der Waals surface area contributed by atoms with Crippen molar-refractivity contribution in [2.45, 2.75) is 37.7 Å². The minimum atomic E-state index is -0.618. The summed E-state index contributed by atoms with van der Waals surface area (Å²) in [5, 5.41) is 10.3. The molecule has 0 spiro atoms. The average molecular weight is 218 g/mol. The van der Waals surface area contributed by atoms with Crippen molar-refractivity contribution in [2.24, 2.45) is 0 Å². The number of benzene rings is 1. The summed E-state index contributed by atoms with van der Waals surface area (Å²) in [6.45, 7) is 1.19. The SMILES string of the molecule is OC1(Cc2ccc3c(c2)CCC3)CCOC1. The molecular weight excluding hydrogens is 200 g/mol. The zero-order valence-electron chi connectivity index (χ0n) is 9.54. The Morgan fingerprint density at radius 2 is 2.12 bits per heavy atom. The van der Waals surface area contributed by atoms with Gasteiger partial charge in [-0.3, -0.25) is 0 Å². The van der Waals surface area contributed by atoms with Crippen molar-refractivity contribution >= 4 is 0 Å². The van der Waals surface area contributed by atoms with Gasteiger partial charge in [-0.25, -0.2) is 0 Å². The molecule has 1 unspecified atom stereocenters. The zero-order valence-corrected chi connectivity index (χ0v) is 9.54. The lowest BCUT2D eigenvalue weighted by Gasteiger charge is -2.20. The first-order chi connectivity index (χ1) is 7.75. The minimum absolute atomic E-state index is 0.490. The molecule has 1 N–H and O–H groups in total. The minimum Gasteiger partial charge on any atom is -0.387 e. The van der Waals surface area contributed by atoms with Gasteiger partial charge in [-0.05, 0) is 36.0 Å². The molecule has 0 saturated carbocycles. The van der Waals surface area contributed by atoms with E-state index in [1.165, 1.54) is 36.0 Å². The first kappa shape index (κ1) is 10.3. The molecule has 16 heavy (non-hydrogen) atoms. The van der Waals surface area contributed by atoms with Gasteiger partial charge in [-0.15, -0.1) is 0 Å². The Kier molecular flexibility index (Phi) is 2.49. The smallest absolute Gasteiger partial charge is 0.0942 e. The van der Waals surface area contributed by atoms with Crippen LogP contribution in [0, 0.1) is 0 Å². The summed E-state index contributed by atoms with van der Waals surface area (Å²) in [6.07, 6.45) is 5.22. The first-order valence-electron chi connectivity index (χ1n) is 6.16. The molecule has 1 fully saturated rings. The fourth-order valence-corrected chi connectivity index (χ4v) is 2.85. The fourth-order valence-electron chi connectivity index (χ4n) is 2.85. The van der Waals surface area contributed by atoms with Gasteiger partial charge in [0.05, 0.1) is 12.2 Å². The molecule has 2 heteroatoms. The van der Waals surface area contributed by atoms with Crippen molar-refractivity contribution in [3.05, 3.63) is 34.9 Å². The highest BCUT2D eigenvalue weighted by Crippen LogP contribution is 2.27. The Morgan fingerprint density at radius 3 is 2.94 bits per heavy atom. The van der Waals surface area contributed by atoms with Crippen LogP contribution in [0.25, 0.3) is 0 Å². The van der Waals surface area contributed by atoms with Crippen LogP contribution in [0.15, 0.2) is 18.2 Å². The second-order valence-corrected chi connectivity index (χ2v) is 5.16. The predicted octanol–water partition coefficient (Wildman–Crippen LogP) is 1.87. The van der Waals surface area contributed by atoms with Gasteiger partial charge in [-0.1, -0.05) is 18.2 Å². The molecule has 0 aromatic heterocycles. The van der Waals surface area contributed by atoms with Crippen LogP contribution in [0.2, 0.25) is 0 Å². The Morgan fingerprint density at radius 1 is 1.25 bits per heavy atom. The lowest BCUT2D eigenvalue weighted by atomic mass is 9.92. The number of hydrogen-bond acceptors (Lipinski definition) is 2. The maximum absolute atomic E-state index is 10.3. The molecular formula is C14H18O2. The van der Waals surface area contributed by atoms with Crippen LogP contribution in [0.5, 0.6) is 0 Å². The van der Waals surface area contributed by atoms with Gasteiger partial charge in [-0.2, -0.15) is 0 Å². The van der Waals surface area contributed by atoms with E-state index >= 15 is 0 Å². The van der Waals surface area contributed by atoms with Gasteiger partial charge in [0, 0.05) is 19.4 Å². The van der Waals surface area contributed by atoms with Crippen molar-refractivity contribution in [1.82, 2.24) is 0 Å². The molecule has 0 radical (unpaired) electrons. The van der Waals surface area contributed by atoms with Crippen molar-refractivity contribution in [2.75, 3.05) is 13.2 Å². The van der Waals surface area contributed by atoms with Crippen LogP contribution in [-0.4, -0.2) is 23.9 Å². The van der Waals surface area contributed by atoms with E-state index in [-0.39, 0.29) is 0 Å². The molecule has 1 heterocycles. The molecule has 0 bridgehead atoms. The Hall–Kier alpha value is -0.860. The topological polar surface area (TPSA) is 29.5 Å². The normalized spacial score (nSPS) is 28.3. The number of ether oxygens (including phenoxy) is 1. The molecule has 3 rings (SSSR count). The van der Waals surface area contributed by atoms with E-state index < -0.39 is 5.60 Å². The highest BCUT2D eigenvalue weighted by atomic mass is 16.5. The van der Waals surface area contributed by atoms with E-state index in [4.69, 9.17) is 4.74 Å². The summed E-state index contributed by atoms with van der Waals surface area (Å²) in [7, 11) is 0. The summed E-state index contributed by atoms with van der Waals surface area (Å²) in [5.41, 5.74) is 3.62. The third-order valence-corrected chi connectivity index (χ3v) is 3.78. The van der Waals surface area contributed by atoms with E-state index in [9.17, 15) is 5.11 Å². The van der Waals surface area contributed by atoms with Crippen LogP contribution < -0.4 is 0 Å². The van der Waals surface area contributed by atoms with E-state index in [0.29, 0.717) is 13.2 Å². The highest BCUT2D eigenvalue weighted by molar-refractivity contribution is 5.35. The van der Waals surface area contributed by atoms with Gasteiger partial charge in [0.2, 0.25) is 0 Å². The number of hydrogen-bond donors (Lipinski definition) is 1. The van der Waals surface area contributed by atoms with Gasteiger partial charge in [0.1, 0.15) is 0 Å². The van der Waals surface area contributed by atoms with Crippen LogP contribution in [0.1, 0.15) is 29.5 Å². The van der Waals surface area contributed by atoms with Crippen molar-refractivity contribution in [3.8, 4) is 0 Å². The molecule has 1 aliphatic heterocycles. The summed E-state index contributed by atoms with van der Waals surface area (Å²) >= 11 is 0. The molecule has 1 atom stereocenters. The number of aryl methyl sites for hydroxylation is 2. The Bertz CT molecular complexity index is 392. The summed E-state index contributed by atoms with van der Waals surface area (Å²) < 4.78 is 5.27. The maximum Gasteiger partial charge on any atom is 0.0942 e. The maximum atomic E-state index is 10.3. The largest absolute Gasteiger partial charge is 0.387 e. The van der Waals surface area contributed by atoms with Crippen molar-refractivity contribution in [1.29, 1.82) is 0 Å². The molecule has 2 aliphatic rings. The van der Waals surface area contributed by atoms with Crippen molar-refractivity contribution in [3.63, 3.8) is 0 Å². The molecule has 1 aliphatic carbocycles. The predicted molar refractivity (Wildman–Crippen MR) is 62.6 cm³/mol. The summed E-state index contributed by atoms with van der Waals surface area (Å²) in [5.74, 6) is 0. The van der Waals surface area contributed by atoms with Crippen LogP contribution in [0.3, 0.4) is 0 Å². The average Bonchev–Trinajstić information content (AvgIpc) is 2.86. The lowest BCUT2D eigenvalue weighted by Crippen LogP contribution is -2.31. The standard InChI is InChI=1S/C14H18O2/c15-14(6-7-16-10-14)9-11-4-5-12-2-1-3-13(12)8-11/h4-5,8,15H,1-3,6-7,9-10H2. The van der Waals surface area contributed by atoms with Gasteiger partial charge in [0.25, 0.3) is 0 Å². The van der Waals surface area contributed by atoms with Gasteiger partial charge in [0.15, 0.2) is 0 Å². The Labute approximate surface area is 96.2 Å². The molecule has 1 aromatic rings. The first-order valence-corrected chi connectivity index (χ1v) is 6.16. The molecule has 2 nitrogen and oxygen atoms in total. The van der Waals surface area contributed by atoms with Crippen LogP contribution >= 0.6 is 0 Å².